The minimum absolute atomic E-state index is 0.0157. The smallest absolute Gasteiger partial charge is 0.410 e. The van der Waals surface area contributed by atoms with Gasteiger partial charge in [0.25, 0.3) is 0 Å². The molecule has 0 radical (unpaired) electrons. The summed E-state index contributed by atoms with van der Waals surface area (Å²) in [5.74, 6) is -0.958. The summed E-state index contributed by atoms with van der Waals surface area (Å²) in [5, 5.41) is 43.9. The van der Waals surface area contributed by atoms with Crippen LogP contribution in [0.15, 0.2) is 36.0 Å². The van der Waals surface area contributed by atoms with Crippen molar-refractivity contribution in [3.8, 4) is 0 Å². The van der Waals surface area contributed by atoms with Gasteiger partial charge < -0.3 is 44.4 Å². The van der Waals surface area contributed by atoms with E-state index < -0.39 is 53.6 Å². The number of likely N-dealkylation sites (N-methyl/N-ethyl adjacent to an activating group) is 1. The molecule has 0 saturated carbocycles. The highest BCUT2D eigenvalue weighted by Gasteiger charge is 2.37. The van der Waals surface area contributed by atoms with Crippen molar-refractivity contribution in [1.29, 1.82) is 0 Å². The quantitative estimate of drug-likeness (QED) is 0.146. The molecule has 47 heavy (non-hydrogen) atoms. The molecule has 10 atom stereocenters. The lowest BCUT2D eigenvalue weighted by Crippen LogP contribution is -2.50. The van der Waals surface area contributed by atoms with Crippen LogP contribution in [-0.4, -0.2) is 124 Å². The molecular weight excluding hydrogens is 604 g/mol. The number of cyclic esters (lactones) is 1. The second kappa shape index (κ2) is 18.5. The number of carbonyl (C=O) groups excluding carboxylic acids is 2. The third-order valence-electron chi connectivity index (χ3n) is 9.93. The lowest BCUT2D eigenvalue weighted by atomic mass is 9.81. The number of ether oxygens (including phenoxy) is 3. The van der Waals surface area contributed by atoms with Gasteiger partial charge in [-0.2, -0.15) is 0 Å². The first-order valence-electron chi connectivity index (χ1n) is 17.1. The van der Waals surface area contributed by atoms with Crippen molar-refractivity contribution in [2.24, 2.45) is 17.8 Å². The molecule has 11 nitrogen and oxygen atoms in total. The molecule has 2 aliphatic rings. The van der Waals surface area contributed by atoms with Gasteiger partial charge in [0.05, 0.1) is 30.3 Å². The van der Waals surface area contributed by atoms with Crippen LogP contribution >= 0.6 is 0 Å². The fourth-order valence-corrected chi connectivity index (χ4v) is 6.24. The Morgan fingerprint density at radius 2 is 1.85 bits per heavy atom. The standard InChI is InChI=1S/C36H62N2O9/c1-10-30(45-9)27(5)26(4)29(40)23-35(6,43)16-11-12-24(2)33-25(3)13-14-31(46-34(42)38-20-18-37(8)19-21-38)36(7,44)17-15-28(39)22-32(41)47-33/h11-14,16,25-31,33,39-40,43-44H,10,15,17-23H2,1-9H3. The Balaban J connectivity index is 2.25. The van der Waals surface area contributed by atoms with Crippen molar-refractivity contribution in [3.05, 3.63) is 36.0 Å². The number of esters is 1. The number of aliphatic hydroxyl groups excluding tert-OH is 2. The molecule has 0 aromatic rings. The zero-order chi connectivity index (χ0) is 35.5. The number of hydrogen-bond acceptors (Lipinski definition) is 10. The predicted molar refractivity (Wildman–Crippen MR) is 182 cm³/mol. The molecule has 1 fully saturated rings. The van der Waals surface area contributed by atoms with Crippen LogP contribution in [0.3, 0.4) is 0 Å². The van der Waals surface area contributed by atoms with E-state index in [1.165, 1.54) is 0 Å². The van der Waals surface area contributed by atoms with Gasteiger partial charge in [-0.05, 0) is 70.6 Å². The number of allylic oxidation sites excluding steroid dienone is 2. The van der Waals surface area contributed by atoms with Crippen molar-refractivity contribution in [1.82, 2.24) is 9.80 Å². The van der Waals surface area contributed by atoms with Crippen molar-refractivity contribution in [2.75, 3.05) is 40.3 Å². The number of carbonyl (C=O) groups is 2. The van der Waals surface area contributed by atoms with E-state index in [1.807, 2.05) is 34.7 Å². The van der Waals surface area contributed by atoms with Crippen molar-refractivity contribution < 1.29 is 44.2 Å². The number of rotatable bonds is 11. The van der Waals surface area contributed by atoms with Crippen LogP contribution in [0, 0.1) is 17.8 Å². The topological polar surface area (TPSA) is 149 Å². The molecule has 1 amide bonds. The van der Waals surface area contributed by atoms with Gasteiger partial charge in [0, 0.05) is 45.6 Å². The number of aliphatic hydroxyl groups is 4. The average Bonchev–Trinajstić information content (AvgIpc) is 3.00. The van der Waals surface area contributed by atoms with Gasteiger partial charge >= 0.3 is 12.1 Å². The molecule has 0 aromatic heterocycles. The fourth-order valence-electron chi connectivity index (χ4n) is 6.24. The number of hydrogen-bond donors (Lipinski definition) is 4. The normalized spacial score (nSPS) is 31.2. The van der Waals surface area contributed by atoms with Gasteiger partial charge in [-0.3, -0.25) is 4.79 Å². The summed E-state index contributed by atoms with van der Waals surface area (Å²) < 4.78 is 17.2. The Bertz CT molecular complexity index is 1080. The molecule has 10 unspecified atom stereocenters. The number of amides is 1. The molecule has 1 saturated heterocycles. The van der Waals surface area contributed by atoms with Crippen molar-refractivity contribution in [2.45, 2.75) is 122 Å². The minimum Gasteiger partial charge on any atom is -0.457 e. The van der Waals surface area contributed by atoms with E-state index in [-0.39, 0.29) is 43.6 Å². The summed E-state index contributed by atoms with van der Waals surface area (Å²) in [6.07, 6.45) is 5.35. The van der Waals surface area contributed by atoms with Crippen molar-refractivity contribution in [3.63, 3.8) is 0 Å². The molecule has 11 heteroatoms. The molecule has 0 bridgehead atoms. The lowest BCUT2D eigenvalue weighted by molar-refractivity contribution is -0.151. The summed E-state index contributed by atoms with van der Waals surface area (Å²) in [6, 6.07) is 0. The molecule has 2 rings (SSSR count). The van der Waals surface area contributed by atoms with Crippen LogP contribution in [0.4, 0.5) is 4.79 Å². The summed E-state index contributed by atoms with van der Waals surface area (Å²) in [6.45, 7) is 15.4. The van der Waals surface area contributed by atoms with Crippen LogP contribution in [0.2, 0.25) is 0 Å². The fraction of sp³-hybridized carbons (Fsp3) is 0.778. The van der Waals surface area contributed by atoms with Crippen LogP contribution in [0.25, 0.3) is 0 Å². The molecule has 2 aliphatic heterocycles. The highest BCUT2D eigenvalue weighted by atomic mass is 16.6. The van der Waals surface area contributed by atoms with E-state index in [0.717, 1.165) is 19.5 Å². The Morgan fingerprint density at radius 1 is 1.21 bits per heavy atom. The first-order chi connectivity index (χ1) is 21.9. The largest absolute Gasteiger partial charge is 0.457 e. The minimum atomic E-state index is -1.49. The maximum Gasteiger partial charge on any atom is 0.410 e. The average molecular weight is 667 g/mol. The Hall–Kier alpha value is -2.28. The molecule has 0 spiro atoms. The SMILES string of the molecule is CCC(OC)C(C)C(C)C(O)CC(C)(O)C=CC=C(C)C1OC(=O)CC(O)CCC(C)(O)C(OC(=O)N2CCN(C)CC2)C=CC1C. The predicted octanol–water partition coefficient (Wildman–Crippen LogP) is 3.84. The summed E-state index contributed by atoms with van der Waals surface area (Å²) in [7, 11) is 3.66. The molecular formula is C36H62N2O9. The molecule has 0 aromatic carbocycles. The van der Waals surface area contributed by atoms with Gasteiger partial charge in [-0.25, -0.2) is 4.79 Å². The van der Waals surface area contributed by atoms with E-state index >= 15 is 0 Å². The van der Waals surface area contributed by atoms with E-state index in [0.29, 0.717) is 18.7 Å². The van der Waals surface area contributed by atoms with Gasteiger partial charge in [0.15, 0.2) is 6.10 Å². The summed E-state index contributed by atoms with van der Waals surface area (Å²) in [4.78, 5) is 29.6. The first-order valence-corrected chi connectivity index (χ1v) is 17.1. The molecule has 2 heterocycles. The van der Waals surface area contributed by atoms with Gasteiger partial charge in [0.1, 0.15) is 11.7 Å². The van der Waals surface area contributed by atoms with Crippen LogP contribution in [-0.2, 0) is 19.0 Å². The Morgan fingerprint density at radius 3 is 2.45 bits per heavy atom. The van der Waals surface area contributed by atoms with Crippen LogP contribution in [0.5, 0.6) is 0 Å². The Labute approximate surface area is 282 Å². The van der Waals surface area contributed by atoms with E-state index in [2.05, 4.69) is 4.90 Å². The second-order valence-electron chi connectivity index (χ2n) is 14.3. The highest BCUT2D eigenvalue weighted by Crippen LogP contribution is 2.29. The summed E-state index contributed by atoms with van der Waals surface area (Å²) >= 11 is 0. The van der Waals surface area contributed by atoms with Gasteiger partial charge in [-0.15, -0.1) is 0 Å². The van der Waals surface area contributed by atoms with Crippen LogP contribution in [0.1, 0.15) is 80.6 Å². The number of methoxy groups -OCH3 is 1. The van der Waals surface area contributed by atoms with Gasteiger partial charge in [-0.1, -0.05) is 52.0 Å². The molecule has 270 valence electrons. The lowest BCUT2D eigenvalue weighted by Gasteiger charge is -2.36. The first kappa shape index (κ1) is 40.9. The van der Waals surface area contributed by atoms with E-state index in [9.17, 15) is 30.0 Å². The zero-order valence-electron chi connectivity index (χ0n) is 30.1. The third kappa shape index (κ3) is 12.9. The monoisotopic (exact) mass is 666 g/mol. The summed E-state index contributed by atoms with van der Waals surface area (Å²) in [5.41, 5.74) is -2.11. The second-order valence-corrected chi connectivity index (χ2v) is 14.3. The van der Waals surface area contributed by atoms with Crippen molar-refractivity contribution >= 4 is 12.1 Å². The number of piperazine rings is 1. The third-order valence-corrected chi connectivity index (χ3v) is 9.93. The molecule has 0 aliphatic carbocycles. The number of nitrogens with zero attached hydrogens (tertiary/aromatic N) is 2. The molecule has 4 N–H and O–H groups in total. The van der Waals surface area contributed by atoms with E-state index in [1.54, 1.807) is 63.2 Å². The van der Waals surface area contributed by atoms with E-state index in [4.69, 9.17) is 14.2 Å². The zero-order valence-corrected chi connectivity index (χ0v) is 30.1. The van der Waals surface area contributed by atoms with Gasteiger partial charge in [0.2, 0.25) is 0 Å². The Kier molecular flexibility index (Phi) is 16.1. The van der Waals surface area contributed by atoms with Crippen LogP contribution < -0.4 is 0 Å². The maximum atomic E-state index is 13.1. The maximum absolute atomic E-state index is 13.1. The highest BCUT2D eigenvalue weighted by molar-refractivity contribution is 5.70.